The smallest absolute Gasteiger partial charge is 0.305 e. The summed E-state index contributed by atoms with van der Waals surface area (Å²) < 4.78 is 26.4. The van der Waals surface area contributed by atoms with Crippen LogP contribution in [-0.4, -0.2) is 19.9 Å². The van der Waals surface area contributed by atoms with Crippen molar-refractivity contribution in [1.29, 1.82) is 0 Å². The Bertz CT molecular complexity index is 552. The van der Waals surface area contributed by atoms with Crippen LogP contribution in [0.3, 0.4) is 0 Å². The molecule has 0 radical (unpaired) electrons. The molecular formula is C9H14N2O3S2. The van der Waals surface area contributed by atoms with Crippen LogP contribution in [0, 0.1) is 12.3 Å². The molecule has 2 N–H and O–H groups in total. The van der Waals surface area contributed by atoms with E-state index in [0.717, 1.165) is 24.2 Å². The first-order chi connectivity index (χ1) is 7.32. The number of thiazole rings is 1. The van der Waals surface area contributed by atoms with Crippen molar-refractivity contribution in [3.63, 3.8) is 0 Å². The number of aromatic nitrogens is 1. The van der Waals surface area contributed by atoms with E-state index in [0.29, 0.717) is 12.2 Å². The quantitative estimate of drug-likeness (QED) is 0.843. The second kappa shape index (κ2) is 3.68. The molecule has 1 aliphatic carbocycles. The second-order valence-corrected chi connectivity index (χ2v) is 7.51. The van der Waals surface area contributed by atoms with Gasteiger partial charge in [-0.1, -0.05) is 18.3 Å². The van der Waals surface area contributed by atoms with Gasteiger partial charge in [0.25, 0.3) is 10.0 Å². The molecule has 90 valence electrons. The minimum atomic E-state index is -3.53. The highest BCUT2D eigenvalue weighted by molar-refractivity contribution is 7.91. The fraction of sp³-hybridized carbons (Fsp3) is 0.667. The maximum absolute atomic E-state index is 11.9. The normalized spacial score (nSPS) is 18.6. The molecule has 0 unspecified atom stereocenters. The van der Waals surface area contributed by atoms with Crippen LogP contribution in [0.1, 0.15) is 25.5 Å². The first-order valence-corrected chi connectivity index (χ1v) is 7.32. The molecule has 1 fully saturated rings. The van der Waals surface area contributed by atoms with Crippen molar-refractivity contribution >= 4 is 21.4 Å². The molecule has 1 aromatic rings. The summed E-state index contributed by atoms with van der Waals surface area (Å²) in [6, 6.07) is 0. The van der Waals surface area contributed by atoms with Gasteiger partial charge in [0, 0.05) is 12.2 Å². The number of sulfonamides is 1. The standard InChI is InChI=1S/C9H14N2O3S2/c1-6-7(15-8(12)11-6)16(13,14)10-5-9(2)3-4-9/h10H,3-5H2,1-2H3,(H,11,12). The third kappa shape index (κ3) is 2.36. The summed E-state index contributed by atoms with van der Waals surface area (Å²) >= 11 is 0.731. The van der Waals surface area contributed by atoms with Gasteiger partial charge in [0.05, 0.1) is 0 Å². The molecular weight excluding hydrogens is 248 g/mol. The highest BCUT2D eigenvalue weighted by Crippen LogP contribution is 2.44. The fourth-order valence-corrected chi connectivity index (χ4v) is 3.91. The van der Waals surface area contributed by atoms with Crippen LogP contribution in [0.15, 0.2) is 9.00 Å². The lowest BCUT2D eigenvalue weighted by Gasteiger charge is -2.09. The first-order valence-electron chi connectivity index (χ1n) is 5.02. The van der Waals surface area contributed by atoms with E-state index >= 15 is 0 Å². The third-order valence-electron chi connectivity index (χ3n) is 2.82. The van der Waals surface area contributed by atoms with Crippen molar-refractivity contribution in [3.05, 3.63) is 15.4 Å². The molecule has 1 heterocycles. The molecule has 0 aromatic carbocycles. The van der Waals surface area contributed by atoms with Crippen molar-refractivity contribution in [3.8, 4) is 0 Å². The van der Waals surface area contributed by atoms with Crippen molar-refractivity contribution < 1.29 is 8.42 Å². The Kier molecular flexibility index (Phi) is 2.72. The van der Waals surface area contributed by atoms with Crippen LogP contribution in [0.25, 0.3) is 0 Å². The number of hydrogen-bond acceptors (Lipinski definition) is 4. The highest BCUT2D eigenvalue weighted by Gasteiger charge is 2.38. The largest absolute Gasteiger partial charge is 0.315 e. The lowest BCUT2D eigenvalue weighted by molar-refractivity contribution is 0.531. The summed E-state index contributed by atoms with van der Waals surface area (Å²) in [5.41, 5.74) is 0.519. The van der Waals surface area contributed by atoms with Crippen LogP contribution in [-0.2, 0) is 10.0 Å². The molecule has 16 heavy (non-hydrogen) atoms. The van der Waals surface area contributed by atoms with Crippen molar-refractivity contribution in [2.45, 2.75) is 30.9 Å². The Morgan fingerprint density at radius 3 is 2.56 bits per heavy atom. The van der Waals surface area contributed by atoms with Gasteiger partial charge in [-0.15, -0.1) is 0 Å². The van der Waals surface area contributed by atoms with Crippen LogP contribution >= 0.6 is 11.3 Å². The molecule has 1 aliphatic rings. The Balaban J connectivity index is 2.18. The molecule has 0 aliphatic heterocycles. The van der Waals surface area contributed by atoms with Crippen LogP contribution < -0.4 is 9.60 Å². The summed E-state index contributed by atoms with van der Waals surface area (Å²) in [7, 11) is -3.53. The molecule has 1 aromatic heterocycles. The number of hydrogen-bond donors (Lipinski definition) is 2. The van der Waals surface area contributed by atoms with E-state index in [1.54, 1.807) is 6.92 Å². The van der Waals surface area contributed by atoms with E-state index in [4.69, 9.17) is 0 Å². The molecule has 0 atom stereocenters. The summed E-state index contributed by atoms with van der Waals surface area (Å²) in [4.78, 5) is 13.2. The molecule has 7 heteroatoms. The Hall–Kier alpha value is -0.660. The zero-order valence-corrected chi connectivity index (χ0v) is 10.8. The van der Waals surface area contributed by atoms with E-state index in [2.05, 4.69) is 9.71 Å². The van der Waals surface area contributed by atoms with Gasteiger partial charge in [-0.25, -0.2) is 13.1 Å². The zero-order chi connectivity index (χ0) is 12.0. The van der Waals surface area contributed by atoms with Gasteiger partial charge in [-0.05, 0) is 25.2 Å². The maximum atomic E-state index is 11.9. The summed E-state index contributed by atoms with van der Waals surface area (Å²) in [5.74, 6) is 0. The monoisotopic (exact) mass is 262 g/mol. The summed E-state index contributed by atoms with van der Waals surface area (Å²) in [5, 5.41) is 0. The van der Waals surface area contributed by atoms with Gasteiger partial charge in [0.15, 0.2) is 4.21 Å². The van der Waals surface area contributed by atoms with Crippen molar-refractivity contribution in [2.24, 2.45) is 5.41 Å². The first kappa shape index (κ1) is 11.8. The van der Waals surface area contributed by atoms with Crippen molar-refractivity contribution in [2.75, 3.05) is 6.54 Å². The predicted molar refractivity (Wildman–Crippen MR) is 62.2 cm³/mol. The molecule has 0 saturated heterocycles. The SMILES string of the molecule is Cc1[nH]c(=O)sc1S(=O)(=O)NCC1(C)CC1. The van der Waals surface area contributed by atoms with Crippen LogP contribution in [0.5, 0.6) is 0 Å². The Morgan fingerprint density at radius 2 is 2.12 bits per heavy atom. The molecule has 1 saturated carbocycles. The predicted octanol–water partition coefficient (Wildman–Crippen LogP) is 0.823. The van der Waals surface area contributed by atoms with E-state index in [1.807, 2.05) is 6.92 Å². The molecule has 0 amide bonds. The van der Waals surface area contributed by atoms with Gasteiger partial charge in [-0.3, -0.25) is 4.79 Å². The molecule has 2 rings (SSSR count). The van der Waals surface area contributed by atoms with Gasteiger partial charge >= 0.3 is 4.87 Å². The summed E-state index contributed by atoms with van der Waals surface area (Å²) in [6.45, 7) is 4.08. The van der Waals surface area contributed by atoms with Gasteiger partial charge < -0.3 is 4.98 Å². The Labute approximate surface area is 97.9 Å². The van der Waals surface area contributed by atoms with Gasteiger partial charge in [0.1, 0.15) is 0 Å². The van der Waals surface area contributed by atoms with Gasteiger partial charge in [-0.2, -0.15) is 0 Å². The topological polar surface area (TPSA) is 79.0 Å². The Morgan fingerprint density at radius 1 is 1.50 bits per heavy atom. The van der Waals surface area contributed by atoms with E-state index in [-0.39, 0.29) is 14.5 Å². The second-order valence-electron chi connectivity index (χ2n) is 4.56. The van der Waals surface area contributed by atoms with Crippen LogP contribution in [0.4, 0.5) is 0 Å². The average Bonchev–Trinajstić information content (AvgIpc) is 2.81. The summed E-state index contributed by atoms with van der Waals surface area (Å²) in [6.07, 6.45) is 2.11. The van der Waals surface area contributed by atoms with E-state index < -0.39 is 10.0 Å². The molecule has 0 bridgehead atoms. The lowest BCUT2D eigenvalue weighted by Crippen LogP contribution is -2.29. The average molecular weight is 262 g/mol. The number of aryl methyl sites for hydroxylation is 1. The van der Waals surface area contributed by atoms with Crippen molar-refractivity contribution in [1.82, 2.24) is 9.71 Å². The minimum Gasteiger partial charge on any atom is -0.315 e. The number of rotatable bonds is 4. The van der Waals surface area contributed by atoms with Gasteiger partial charge in [0.2, 0.25) is 0 Å². The van der Waals surface area contributed by atoms with E-state index in [9.17, 15) is 13.2 Å². The zero-order valence-electron chi connectivity index (χ0n) is 9.16. The van der Waals surface area contributed by atoms with E-state index in [1.165, 1.54) is 0 Å². The lowest BCUT2D eigenvalue weighted by atomic mass is 10.2. The number of nitrogens with one attached hydrogen (secondary N) is 2. The highest BCUT2D eigenvalue weighted by atomic mass is 32.2. The number of aromatic amines is 1. The maximum Gasteiger partial charge on any atom is 0.305 e. The minimum absolute atomic E-state index is 0.0988. The molecule has 5 nitrogen and oxygen atoms in total. The molecule has 0 spiro atoms. The third-order valence-corrected chi connectivity index (χ3v) is 5.82. The fourth-order valence-electron chi connectivity index (χ4n) is 1.37. The van der Waals surface area contributed by atoms with Crippen LogP contribution in [0.2, 0.25) is 0 Å². The number of H-pyrrole nitrogens is 1.